The van der Waals surface area contributed by atoms with E-state index in [4.69, 9.17) is 26.2 Å². The molecule has 172 valence electrons. The smallest absolute Gasteiger partial charge is 0.404 e. The maximum absolute atomic E-state index is 14.5. The minimum absolute atomic E-state index is 0.0950. The highest BCUT2D eigenvalue weighted by atomic mass is 35.5. The van der Waals surface area contributed by atoms with Crippen LogP contribution in [-0.4, -0.2) is 35.4 Å². The summed E-state index contributed by atoms with van der Waals surface area (Å²) < 4.78 is 42.1. The molecule has 3 aromatic rings. The van der Waals surface area contributed by atoms with E-state index in [0.717, 1.165) is 18.2 Å². The Morgan fingerprint density at radius 2 is 1.94 bits per heavy atom. The first kappa shape index (κ1) is 24.0. The molecule has 2 N–H and O–H groups in total. The zero-order valence-corrected chi connectivity index (χ0v) is 19.7. The van der Waals surface area contributed by atoms with Gasteiger partial charge in [0.15, 0.2) is 17.4 Å². The predicted molar refractivity (Wildman–Crippen MR) is 120 cm³/mol. The minimum Gasteiger partial charge on any atom is -0.465 e. The van der Waals surface area contributed by atoms with Crippen LogP contribution in [0.1, 0.15) is 5.56 Å². The molecule has 0 aliphatic heterocycles. The lowest BCUT2D eigenvalue weighted by atomic mass is 10.2. The average molecular weight is 484 g/mol. The van der Waals surface area contributed by atoms with Crippen LogP contribution >= 0.6 is 11.6 Å². The van der Waals surface area contributed by atoms with Crippen LogP contribution in [-0.2, 0) is 18.0 Å². The lowest BCUT2D eigenvalue weighted by molar-refractivity contribution is 0.0899. The number of halogens is 3. The summed E-state index contributed by atoms with van der Waals surface area (Å²) in [6, 6.07) is 6.11. The zero-order valence-electron chi connectivity index (χ0n) is 17.9. The monoisotopic (exact) mass is 483 g/mol. The van der Waals surface area contributed by atoms with E-state index in [2.05, 4.69) is 29.9 Å². The van der Waals surface area contributed by atoms with Crippen molar-refractivity contribution in [2.45, 2.75) is 39.0 Å². The fourth-order valence-corrected chi connectivity index (χ4v) is 3.87. The maximum atomic E-state index is 14.5. The summed E-state index contributed by atoms with van der Waals surface area (Å²) in [5.41, 5.74) is 0.581. The SMILES string of the molecule is C[Si](C)(C)CCOCn1ccc2c(Oc3c(F)cc(CNC(=O)O)cc3F)cc(Cl)nc21. The molecule has 32 heavy (non-hydrogen) atoms. The topological polar surface area (TPSA) is 85.6 Å². The lowest BCUT2D eigenvalue weighted by Gasteiger charge is -2.15. The second-order valence-corrected chi connectivity index (χ2v) is 14.5. The number of hydrogen-bond donors (Lipinski definition) is 2. The third kappa shape index (κ3) is 6.18. The minimum atomic E-state index is -1.30. The molecule has 7 nitrogen and oxygen atoms in total. The number of nitrogens with one attached hydrogen (secondary N) is 1. The van der Waals surface area contributed by atoms with Gasteiger partial charge in [0.1, 0.15) is 23.3 Å². The van der Waals surface area contributed by atoms with Crippen LogP contribution < -0.4 is 10.1 Å². The first-order chi connectivity index (χ1) is 15.0. The molecule has 1 aromatic carbocycles. The van der Waals surface area contributed by atoms with Crippen LogP contribution in [0.3, 0.4) is 0 Å². The van der Waals surface area contributed by atoms with E-state index in [0.29, 0.717) is 17.6 Å². The van der Waals surface area contributed by atoms with Crippen LogP contribution in [0.25, 0.3) is 11.0 Å². The van der Waals surface area contributed by atoms with Crippen molar-refractivity contribution in [1.29, 1.82) is 0 Å². The summed E-state index contributed by atoms with van der Waals surface area (Å²) in [5.74, 6) is -2.42. The van der Waals surface area contributed by atoms with Gasteiger partial charge in [0, 0.05) is 33.5 Å². The Kier molecular flexibility index (Phi) is 7.37. The maximum Gasteiger partial charge on any atom is 0.404 e. The van der Waals surface area contributed by atoms with Gasteiger partial charge in [0.25, 0.3) is 0 Å². The molecule has 0 spiro atoms. The molecule has 1 amide bonds. The summed E-state index contributed by atoms with van der Waals surface area (Å²) in [4.78, 5) is 14.9. The van der Waals surface area contributed by atoms with Crippen molar-refractivity contribution >= 4 is 36.8 Å². The molecule has 0 saturated carbocycles. The van der Waals surface area contributed by atoms with Crippen molar-refractivity contribution < 1.29 is 28.2 Å². The van der Waals surface area contributed by atoms with Crippen molar-refractivity contribution in [2.24, 2.45) is 0 Å². The fourth-order valence-electron chi connectivity index (χ4n) is 2.93. The molecule has 0 aliphatic carbocycles. The second kappa shape index (κ2) is 9.84. The van der Waals surface area contributed by atoms with Gasteiger partial charge in [-0.05, 0) is 29.8 Å². The summed E-state index contributed by atoms with van der Waals surface area (Å²) in [6.07, 6.45) is 0.442. The molecule has 2 heterocycles. The Balaban J connectivity index is 1.82. The summed E-state index contributed by atoms with van der Waals surface area (Å²) in [6.45, 7) is 7.43. The first-order valence-electron chi connectivity index (χ1n) is 9.89. The second-order valence-electron chi connectivity index (χ2n) is 8.46. The third-order valence-electron chi connectivity index (χ3n) is 4.60. The van der Waals surface area contributed by atoms with Crippen LogP contribution in [0.15, 0.2) is 30.5 Å². The molecule has 0 atom stereocenters. The predicted octanol–water partition coefficient (Wildman–Crippen LogP) is 5.84. The molecule has 2 aromatic heterocycles. The number of amides is 1. The van der Waals surface area contributed by atoms with E-state index >= 15 is 0 Å². The summed E-state index contributed by atoms with van der Waals surface area (Å²) in [5, 5.41) is 11.3. The molecule has 0 radical (unpaired) electrons. The fraction of sp³-hybridized carbons (Fsp3) is 0.333. The molecule has 0 aliphatic rings. The van der Waals surface area contributed by atoms with Crippen molar-refractivity contribution in [2.75, 3.05) is 6.61 Å². The number of aromatic nitrogens is 2. The standard InChI is InChI=1S/C21H24ClF2N3O4Si/c1-32(2,3)7-6-30-12-27-5-4-14-17(10-18(22)26-20(14)27)31-19-15(23)8-13(9-16(19)24)11-25-21(28)29/h4-5,8-10,25H,6-7,11-12H2,1-3H3,(H,28,29). The Morgan fingerprint density at radius 1 is 1.25 bits per heavy atom. The van der Waals surface area contributed by atoms with E-state index < -0.39 is 31.6 Å². The van der Waals surface area contributed by atoms with Crippen LogP contribution in [0.5, 0.6) is 11.5 Å². The van der Waals surface area contributed by atoms with Crippen molar-refractivity contribution in [3.8, 4) is 11.5 Å². The van der Waals surface area contributed by atoms with Crippen molar-refractivity contribution in [3.63, 3.8) is 0 Å². The van der Waals surface area contributed by atoms with Gasteiger partial charge in [-0.1, -0.05) is 31.2 Å². The Labute approximate surface area is 189 Å². The largest absolute Gasteiger partial charge is 0.465 e. The van der Waals surface area contributed by atoms with Gasteiger partial charge < -0.3 is 24.5 Å². The first-order valence-corrected chi connectivity index (χ1v) is 14.0. The number of rotatable bonds is 9. The van der Waals surface area contributed by atoms with Gasteiger partial charge in [0.2, 0.25) is 0 Å². The number of fused-ring (bicyclic) bond motifs is 1. The van der Waals surface area contributed by atoms with Gasteiger partial charge in [-0.3, -0.25) is 0 Å². The molecule has 0 unspecified atom stereocenters. The number of pyridine rings is 1. The molecule has 3 rings (SSSR count). The average Bonchev–Trinajstić information content (AvgIpc) is 3.08. The molecule has 0 fully saturated rings. The van der Waals surface area contributed by atoms with E-state index in [1.807, 2.05) is 0 Å². The van der Waals surface area contributed by atoms with Crippen LogP contribution in [0.4, 0.5) is 13.6 Å². The molecular formula is C21H24ClF2N3O4Si. The molecule has 0 saturated heterocycles. The van der Waals surface area contributed by atoms with E-state index in [1.54, 1.807) is 16.8 Å². The zero-order chi connectivity index (χ0) is 23.5. The Hall–Kier alpha value is -2.69. The number of hydrogen-bond acceptors (Lipinski definition) is 4. The number of nitrogens with zero attached hydrogens (tertiary/aromatic N) is 2. The Morgan fingerprint density at radius 3 is 2.56 bits per heavy atom. The highest BCUT2D eigenvalue weighted by Gasteiger charge is 2.18. The van der Waals surface area contributed by atoms with Gasteiger partial charge in [-0.2, -0.15) is 0 Å². The number of carboxylic acid groups (broad SMARTS) is 1. The Bertz CT molecular complexity index is 1110. The highest BCUT2D eigenvalue weighted by Crippen LogP contribution is 2.35. The van der Waals surface area contributed by atoms with Crippen LogP contribution in [0, 0.1) is 11.6 Å². The molecular weight excluding hydrogens is 460 g/mol. The molecule has 0 bridgehead atoms. The third-order valence-corrected chi connectivity index (χ3v) is 6.50. The summed E-state index contributed by atoms with van der Waals surface area (Å²) in [7, 11) is -1.22. The number of benzene rings is 1. The lowest BCUT2D eigenvalue weighted by Crippen LogP contribution is -2.22. The molecule has 11 heteroatoms. The van der Waals surface area contributed by atoms with Crippen molar-refractivity contribution in [1.82, 2.24) is 14.9 Å². The van der Waals surface area contributed by atoms with Gasteiger partial charge in [0.05, 0.1) is 5.39 Å². The van der Waals surface area contributed by atoms with Crippen molar-refractivity contribution in [3.05, 3.63) is 52.8 Å². The normalized spacial score (nSPS) is 11.7. The van der Waals surface area contributed by atoms with Crippen LogP contribution in [0.2, 0.25) is 30.8 Å². The van der Waals surface area contributed by atoms with Gasteiger partial charge in [-0.15, -0.1) is 0 Å². The van der Waals surface area contributed by atoms with E-state index in [-0.39, 0.29) is 29.7 Å². The quantitative estimate of drug-likeness (QED) is 0.227. The van der Waals surface area contributed by atoms with E-state index in [9.17, 15) is 13.6 Å². The van der Waals surface area contributed by atoms with Gasteiger partial charge >= 0.3 is 6.09 Å². The highest BCUT2D eigenvalue weighted by molar-refractivity contribution is 6.76. The van der Waals surface area contributed by atoms with Gasteiger partial charge in [-0.25, -0.2) is 18.6 Å². The van der Waals surface area contributed by atoms with E-state index in [1.165, 1.54) is 6.07 Å². The number of ether oxygens (including phenoxy) is 2. The summed E-state index contributed by atoms with van der Waals surface area (Å²) >= 11 is 6.12. The number of carbonyl (C=O) groups is 1.